The van der Waals surface area contributed by atoms with Gasteiger partial charge in [0.15, 0.2) is 5.09 Å². The van der Waals surface area contributed by atoms with Gasteiger partial charge in [-0.15, -0.1) is 0 Å². The molecule has 0 saturated heterocycles. The number of nitrogens with one attached hydrogen (secondary N) is 1. The Kier molecular flexibility index (Phi) is 6.49. The van der Waals surface area contributed by atoms with Crippen LogP contribution in [-0.2, 0) is 17.8 Å². The van der Waals surface area contributed by atoms with E-state index in [1.807, 2.05) is 59.4 Å². The Morgan fingerprint density at radius 3 is 2.91 bits per heavy atom. The molecule has 4 aromatic rings. The van der Waals surface area contributed by atoms with Gasteiger partial charge in [-0.1, -0.05) is 53.5 Å². The molecule has 5 rings (SSSR count). The quantitative estimate of drug-likeness (QED) is 0.293. The lowest BCUT2D eigenvalue weighted by molar-refractivity contribution is -0.118. The van der Waals surface area contributed by atoms with Crippen molar-refractivity contribution in [1.29, 1.82) is 0 Å². The van der Waals surface area contributed by atoms with Crippen molar-refractivity contribution in [2.75, 3.05) is 0 Å². The zero-order chi connectivity index (χ0) is 22.8. The van der Waals surface area contributed by atoms with E-state index in [2.05, 4.69) is 9.82 Å². The van der Waals surface area contributed by atoms with Crippen molar-refractivity contribution in [3.05, 3.63) is 87.7 Å². The zero-order valence-electron chi connectivity index (χ0n) is 17.7. The molecule has 0 radical (unpaired) electrons. The first kappa shape index (κ1) is 22.1. The van der Waals surface area contributed by atoms with E-state index in [9.17, 15) is 4.79 Å². The molecule has 0 spiro atoms. The molecule has 5 nitrogen and oxygen atoms in total. The van der Waals surface area contributed by atoms with Gasteiger partial charge < -0.3 is 4.42 Å². The number of aryl methyl sites for hydroxylation is 1. The fraction of sp³-hybridized carbons (Fsp3) is 0.200. The molecule has 168 valence electrons. The summed E-state index contributed by atoms with van der Waals surface area (Å²) in [6.45, 7) is 0.552. The van der Waals surface area contributed by atoms with Crippen LogP contribution in [-0.4, -0.2) is 15.7 Å². The van der Waals surface area contributed by atoms with Gasteiger partial charge in [0, 0.05) is 39.9 Å². The zero-order valence-corrected chi connectivity index (χ0v) is 20.0. The van der Waals surface area contributed by atoms with Gasteiger partial charge in [-0.3, -0.25) is 14.2 Å². The van der Waals surface area contributed by atoms with Crippen LogP contribution in [0.15, 0.2) is 70.3 Å². The molecule has 8 heteroatoms. The van der Waals surface area contributed by atoms with Gasteiger partial charge in [-0.05, 0) is 54.2 Å². The Morgan fingerprint density at radius 1 is 1.18 bits per heavy atom. The van der Waals surface area contributed by atoms with Crippen molar-refractivity contribution < 1.29 is 9.21 Å². The van der Waals surface area contributed by atoms with Gasteiger partial charge in [0.2, 0.25) is 5.91 Å². The summed E-state index contributed by atoms with van der Waals surface area (Å²) in [6, 6.07) is 15.2. The number of aromatic nitrogens is 2. The Bertz CT molecular complexity index is 1330. The highest BCUT2D eigenvalue weighted by atomic mass is 35.5. The van der Waals surface area contributed by atoms with Gasteiger partial charge in [0.1, 0.15) is 5.58 Å². The molecule has 0 fully saturated rings. The molecule has 33 heavy (non-hydrogen) atoms. The van der Waals surface area contributed by atoms with Crippen LogP contribution in [0.1, 0.15) is 36.1 Å². The molecule has 1 N–H and O–H groups in total. The molecule has 2 aromatic heterocycles. The standard InChI is InChI=1S/C25H21Cl2N3O2S/c26-20-10-8-19(21(27)13-20)15-30-25-16(5-3-6-18(25)14-28-30)9-11-23(31)29-33-24-12-17-4-1-2-7-22(17)32-24/h1-2,4,7-10,12-14H,3,5-6,11,15H2,(H,29,31)/b16-9+. The lowest BCUT2D eigenvalue weighted by atomic mass is 9.92. The highest BCUT2D eigenvalue weighted by Gasteiger charge is 2.20. The van der Waals surface area contributed by atoms with Crippen LogP contribution in [0.2, 0.25) is 10.0 Å². The number of para-hydroxylation sites is 1. The SMILES string of the molecule is O=C(C/C=C1\CCCc2cnn(Cc3ccc(Cl)cc3Cl)c21)NSc1cc2ccccc2o1. The number of benzene rings is 2. The van der Waals surface area contributed by atoms with Crippen molar-refractivity contribution >= 4 is 57.6 Å². The second-order valence-electron chi connectivity index (χ2n) is 7.93. The topological polar surface area (TPSA) is 60.1 Å². The summed E-state index contributed by atoms with van der Waals surface area (Å²) in [4.78, 5) is 12.5. The summed E-state index contributed by atoms with van der Waals surface area (Å²) < 4.78 is 10.6. The fourth-order valence-corrected chi connectivity index (χ4v) is 5.15. The molecule has 0 atom stereocenters. The molecule has 2 aromatic carbocycles. The van der Waals surface area contributed by atoms with Gasteiger partial charge >= 0.3 is 0 Å². The maximum absolute atomic E-state index is 12.5. The summed E-state index contributed by atoms with van der Waals surface area (Å²) in [5.41, 5.74) is 5.19. The number of halogens is 2. The second kappa shape index (κ2) is 9.67. The van der Waals surface area contributed by atoms with E-state index >= 15 is 0 Å². The van der Waals surface area contributed by atoms with E-state index < -0.39 is 0 Å². The average Bonchev–Trinajstić information content (AvgIpc) is 3.42. The largest absolute Gasteiger partial charge is 0.448 e. The molecule has 0 aliphatic heterocycles. The van der Waals surface area contributed by atoms with Crippen LogP contribution in [0.4, 0.5) is 0 Å². The van der Waals surface area contributed by atoms with Crippen LogP contribution in [0.5, 0.6) is 0 Å². The van der Waals surface area contributed by atoms with Gasteiger partial charge in [0.25, 0.3) is 0 Å². The number of allylic oxidation sites excluding steroid dienone is 1. The third-order valence-electron chi connectivity index (χ3n) is 5.65. The van der Waals surface area contributed by atoms with Crippen LogP contribution in [0.3, 0.4) is 0 Å². The molecule has 1 aliphatic rings. The minimum Gasteiger partial charge on any atom is -0.448 e. The highest BCUT2D eigenvalue weighted by molar-refractivity contribution is 7.97. The Labute approximate surface area is 205 Å². The van der Waals surface area contributed by atoms with Crippen LogP contribution < -0.4 is 4.72 Å². The number of furan rings is 1. The Hall–Kier alpha value is -2.67. The molecular weight excluding hydrogens is 477 g/mol. The predicted molar refractivity (Wildman–Crippen MR) is 134 cm³/mol. The van der Waals surface area contributed by atoms with Crippen molar-refractivity contribution in [3.63, 3.8) is 0 Å². The van der Waals surface area contributed by atoms with Crippen LogP contribution in [0, 0.1) is 0 Å². The highest BCUT2D eigenvalue weighted by Crippen LogP contribution is 2.32. The summed E-state index contributed by atoms with van der Waals surface area (Å²) >= 11 is 13.6. The molecule has 0 bridgehead atoms. The average molecular weight is 498 g/mol. The molecule has 1 aliphatic carbocycles. The summed E-state index contributed by atoms with van der Waals surface area (Å²) in [5.74, 6) is -0.0770. The molecular formula is C25H21Cl2N3O2S. The van der Waals surface area contributed by atoms with E-state index in [4.69, 9.17) is 27.6 Å². The molecule has 1 amide bonds. The normalized spacial score (nSPS) is 14.5. The number of hydrogen-bond donors (Lipinski definition) is 1. The fourth-order valence-electron chi connectivity index (χ4n) is 4.07. The van der Waals surface area contributed by atoms with Gasteiger partial charge in [-0.2, -0.15) is 5.10 Å². The molecule has 2 heterocycles. The number of carbonyl (C=O) groups excluding carboxylic acids is 1. The maximum atomic E-state index is 12.5. The van der Waals surface area contributed by atoms with E-state index in [0.717, 1.165) is 47.1 Å². The van der Waals surface area contributed by atoms with Crippen molar-refractivity contribution in [2.24, 2.45) is 0 Å². The predicted octanol–water partition coefficient (Wildman–Crippen LogP) is 6.92. The molecule has 0 unspecified atom stereocenters. The third kappa shape index (κ3) is 4.98. The van der Waals surface area contributed by atoms with E-state index in [1.165, 1.54) is 17.5 Å². The van der Waals surface area contributed by atoms with Crippen molar-refractivity contribution in [1.82, 2.24) is 14.5 Å². The Balaban J connectivity index is 1.27. The number of amides is 1. The van der Waals surface area contributed by atoms with Gasteiger partial charge in [-0.25, -0.2) is 0 Å². The first-order valence-corrected chi connectivity index (χ1v) is 12.3. The number of fused-ring (bicyclic) bond motifs is 2. The first-order valence-electron chi connectivity index (χ1n) is 10.7. The lowest BCUT2D eigenvalue weighted by Gasteiger charge is -2.18. The van der Waals surface area contributed by atoms with E-state index in [0.29, 0.717) is 21.7 Å². The minimum absolute atomic E-state index is 0.0770. The van der Waals surface area contributed by atoms with E-state index in [-0.39, 0.29) is 12.3 Å². The van der Waals surface area contributed by atoms with Crippen molar-refractivity contribution in [2.45, 2.75) is 37.3 Å². The maximum Gasteiger partial charge on any atom is 0.233 e. The summed E-state index contributed by atoms with van der Waals surface area (Å²) in [5, 5.41) is 7.50. The first-order chi connectivity index (χ1) is 16.1. The number of rotatable bonds is 6. The summed E-state index contributed by atoms with van der Waals surface area (Å²) in [7, 11) is 0. The van der Waals surface area contributed by atoms with Crippen molar-refractivity contribution in [3.8, 4) is 0 Å². The lowest BCUT2D eigenvalue weighted by Crippen LogP contribution is -2.15. The molecule has 0 saturated carbocycles. The number of hydrogen-bond acceptors (Lipinski definition) is 4. The number of nitrogens with zero attached hydrogens (tertiary/aromatic N) is 2. The van der Waals surface area contributed by atoms with Crippen LogP contribution in [0.25, 0.3) is 16.5 Å². The smallest absolute Gasteiger partial charge is 0.233 e. The second-order valence-corrected chi connectivity index (χ2v) is 9.58. The van der Waals surface area contributed by atoms with E-state index in [1.54, 1.807) is 6.07 Å². The van der Waals surface area contributed by atoms with Gasteiger partial charge in [0.05, 0.1) is 18.4 Å². The number of carbonyl (C=O) groups is 1. The minimum atomic E-state index is -0.0770. The third-order valence-corrected chi connectivity index (χ3v) is 6.97. The summed E-state index contributed by atoms with van der Waals surface area (Å²) in [6.07, 6.45) is 7.15. The van der Waals surface area contributed by atoms with Crippen LogP contribution >= 0.6 is 35.1 Å². The monoisotopic (exact) mass is 497 g/mol. The Morgan fingerprint density at radius 2 is 2.06 bits per heavy atom.